The summed E-state index contributed by atoms with van der Waals surface area (Å²) in [7, 11) is -1.43. The number of nitrogens with zero attached hydrogens (tertiary/aromatic N) is 1. The summed E-state index contributed by atoms with van der Waals surface area (Å²) in [6, 6.07) is 0.565. The molecule has 140 valence electrons. The summed E-state index contributed by atoms with van der Waals surface area (Å²) in [5, 5.41) is 2.55. The molecule has 3 N–H and O–H groups in total. The van der Waals surface area contributed by atoms with Crippen LogP contribution < -0.4 is 16.3 Å². The topological polar surface area (TPSA) is 141 Å². The van der Waals surface area contributed by atoms with E-state index in [0.717, 1.165) is 7.11 Å². The SMILES string of the molecule is COC[C@@]12CO[C@H]([C@H](Cn3ccc(=O)[nH]c3=O)O1)[C@H]2NP(=O)(O)OC. The number of hydrogen-bond acceptors (Lipinski definition) is 7. The molecular weight excluding hydrogens is 357 g/mol. The molecule has 25 heavy (non-hydrogen) atoms. The number of H-pyrrole nitrogens is 1. The van der Waals surface area contributed by atoms with Crippen LogP contribution in [0.3, 0.4) is 0 Å². The minimum absolute atomic E-state index is 0.104. The molecule has 2 bridgehead atoms. The molecule has 0 aromatic carbocycles. The lowest BCUT2D eigenvalue weighted by atomic mass is 9.97. The molecule has 12 heteroatoms. The first kappa shape index (κ1) is 18.5. The molecule has 0 spiro atoms. The highest BCUT2D eigenvalue weighted by Gasteiger charge is 2.62. The Kier molecular flexibility index (Phi) is 5.00. The monoisotopic (exact) mass is 377 g/mol. The van der Waals surface area contributed by atoms with Gasteiger partial charge in [-0.2, -0.15) is 0 Å². The maximum absolute atomic E-state index is 11.9. The van der Waals surface area contributed by atoms with E-state index in [1.54, 1.807) is 0 Å². The highest BCUT2D eigenvalue weighted by atomic mass is 31.2. The Morgan fingerprint density at radius 2 is 2.28 bits per heavy atom. The van der Waals surface area contributed by atoms with Crippen LogP contribution in [0.25, 0.3) is 0 Å². The molecule has 1 aromatic rings. The van der Waals surface area contributed by atoms with Crippen molar-refractivity contribution in [2.24, 2.45) is 0 Å². The Morgan fingerprint density at radius 3 is 2.92 bits per heavy atom. The average molecular weight is 377 g/mol. The van der Waals surface area contributed by atoms with Gasteiger partial charge in [0.2, 0.25) is 0 Å². The van der Waals surface area contributed by atoms with Crippen molar-refractivity contribution in [3.05, 3.63) is 33.1 Å². The van der Waals surface area contributed by atoms with Gasteiger partial charge in [-0.3, -0.25) is 14.3 Å². The molecule has 2 fully saturated rings. The van der Waals surface area contributed by atoms with Crippen LogP contribution in [0.15, 0.2) is 21.9 Å². The lowest BCUT2D eigenvalue weighted by Crippen LogP contribution is -2.50. The smallest absolute Gasteiger partial charge is 0.382 e. The Morgan fingerprint density at radius 1 is 1.52 bits per heavy atom. The van der Waals surface area contributed by atoms with Gasteiger partial charge in [0.05, 0.1) is 25.8 Å². The summed E-state index contributed by atoms with van der Waals surface area (Å²) in [6.07, 6.45) is 0.181. The number of fused-ring (bicyclic) bond motifs is 2. The number of hydrogen-bond donors (Lipinski definition) is 3. The zero-order valence-electron chi connectivity index (χ0n) is 13.7. The zero-order valence-corrected chi connectivity index (χ0v) is 14.6. The average Bonchev–Trinajstić information content (AvgIpc) is 3.01. The fraction of sp³-hybridized carbons (Fsp3) is 0.692. The van der Waals surface area contributed by atoms with Crippen molar-refractivity contribution < 1.29 is 28.2 Å². The highest BCUT2D eigenvalue weighted by Crippen LogP contribution is 2.46. The molecule has 11 nitrogen and oxygen atoms in total. The van der Waals surface area contributed by atoms with Crippen molar-refractivity contribution >= 4 is 7.75 Å². The van der Waals surface area contributed by atoms with Crippen molar-refractivity contribution in [1.29, 1.82) is 0 Å². The second-order valence-electron chi connectivity index (χ2n) is 6.00. The number of methoxy groups -OCH3 is 1. The minimum Gasteiger partial charge on any atom is -0.382 e. The standard InChI is InChI=1S/C13H20N3O8P/c1-21-6-13-7-23-10(11(13)15-25(19,20)22-2)8(24-13)5-16-4-3-9(17)14-12(16)18/h3-4,8,10-11H,5-7H2,1-2H3,(H,14,17,18)(H2,15,19,20)/t8-,10+,11+,13-/m0/s1. The normalized spacial score (nSPS) is 33.5. The molecular formula is C13H20N3O8P. The molecule has 0 saturated carbocycles. The minimum atomic E-state index is -4.03. The van der Waals surface area contributed by atoms with Gasteiger partial charge < -0.3 is 23.6 Å². The zero-order chi connectivity index (χ0) is 18.2. The van der Waals surface area contributed by atoms with E-state index in [4.69, 9.17) is 14.2 Å². The molecule has 2 aliphatic heterocycles. The summed E-state index contributed by atoms with van der Waals surface area (Å²) < 4.78 is 34.7. The van der Waals surface area contributed by atoms with Gasteiger partial charge in [0.15, 0.2) is 0 Å². The van der Waals surface area contributed by atoms with Crippen LogP contribution in [0.4, 0.5) is 0 Å². The Bertz CT molecular complexity index is 794. The van der Waals surface area contributed by atoms with Gasteiger partial charge in [0.25, 0.3) is 5.56 Å². The van der Waals surface area contributed by atoms with E-state index < -0.39 is 42.8 Å². The van der Waals surface area contributed by atoms with Crippen molar-refractivity contribution in [2.75, 3.05) is 27.4 Å². The highest BCUT2D eigenvalue weighted by molar-refractivity contribution is 7.50. The largest absolute Gasteiger partial charge is 0.403 e. The fourth-order valence-electron chi connectivity index (χ4n) is 3.27. The lowest BCUT2D eigenvalue weighted by Gasteiger charge is -2.31. The van der Waals surface area contributed by atoms with Crippen molar-refractivity contribution in [2.45, 2.75) is 30.4 Å². The molecule has 5 atom stereocenters. The maximum atomic E-state index is 11.9. The van der Waals surface area contributed by atoms with Crippen LogP contribution in [0, 0.1) is 0 Å². The third-order valence-corrected chi connectivity index (χ3v) is 5.48. The van der Waals surface area contributed by atoms with Crippen LogP contribution in [-0.4, -0.2) is 65.7 Å². The number of rotatable bonds is 7. The summed E-state index contributed by atoms with van der Waals surface area (Å²) in [6.45, 7) is 0.401. The Hall–Kier alpha value is -1.33. The van der Waals surface area contributed by atoms with Gasteiger partial charge in [-0.25, -0.2) is 14.4 Å². The molecule has 0 radical (unpaired) electrons. The van der Waals surface area contributed by atoms with Crippen LogP contribution >= 0.6 is 7.75 Å². The van der Waals surface area contributed by atoms with E-state index >= 15 is 0 Å². The second-order valence-corrected chi connectivity index (χ2v) is 7.67. The molecule has 2 saturated heterocycles. The number of aromatic amines is 1. The van der Waals surface area contributed by atoms with Gasteiger partial charge in [-0.15, -0.1) is 0 Å². The van der Waals surface area contributed by atoms with Gasteiger partial charge >= 0.3 is 13.4 Å². The van der Waals surface area contributed by atoms with E-state index in [0.29, 0.717) is 0 Å². The third-order valence-electron chi connectivity index (χ3n) is 4.38. The van der Waals surface area contributed by atoms with Crippen LogP contribution in [-0.2, 0) is 29.8 Å². The van der Waals surface area contributed by atoms with Crippen LogP contribution in [0.1, 0.15) is 0 Å². The molecule has 1 unspecified atom stereocenters. The van der Waals surface area contributed by atoms with E-state index in [1.165, 1.54) is 23.9 Å². The predicted molar refractivity (Wildman–Crippen MR) is 84.3 cm³/mol. The van der Waals surface area contributed by atoms with E-state index in [1.807, 2.05) is 0 Å². The predicted octanol–water partition coefficient (Wildman–Crippen LogP) is -1.58. The fourth-order valence-corrected chi connectivity index (χ4v) is 4.11. The summed E-state index contributed by atoms with van der Waals surface area (Å²) in [5.41, 5.74) is -2.05. The molecule has 3 heterocycles. The Balaban J connectivity index is 1.85. The first-order valence-electron chi connectivity index (χ1n) is 7.55. The van der Waals surface area contributed by atoms with Crippen molar-refractivity contribution in [3.8, 4) is 0 Å². The first-order chi connectivity index (χ1) is 11.8. The summed E-state index contributed by atoms with van der Waals surface area (Å²) in [5.74, 6) is 0. The molecule has 3 rings (SSSR count). The van der Waals surface area contributed by atoms with Gasteiger partial charge in [-0.05, 0) is 0 Å². The lowest BCUT2D eigenvalue weighted by molar-refractivity contribution is -0.165. The van der Waals surface area contributed by atoms with Crippen molar-refractivity contribution in [3.63, 3.8) is 0 Å². The molecule has 0 aliphatic carbocycles. The molecule has 0 amide bonds. The maximum Gasteiger partial charge on any atom is 0.403 e. The van der Waals surface area contributed by atoms with Gasteiger partial charge in [0.1, 0.15) is 17.8 Å². The van der Waals surface area contributed by atoms with Gasteiger partial charge in [0, 0.05) is 26.5 Å². The van der Waals surface area contributed by atoms with Crippen LogP contribution in [0.5, 0.6) is 0 Å². The number of aromatic nitrogens is 2. The number of ether oxygens (including phenoxy) is 3. The summed E-state index contributed by atoms with van der Waals surface area (Å²) >= 11 is 0. The quantitative estimate of drug-likeness (QED) is 0.480. The molecule has 2 aliphatic rings. The Labute approximate surface area is 142 Å². The van der Waals surface area contributed by atoms with Crippen molar-refractivity contribution in [1.82, 2.24) is 14.6 Å². The van der Waals surface area contributed by atoms with Crippen LogP contribution in [0.2, 0.25) is 0 Å². The van der Waals surface area contributed by atoms with E-state index in [9.17, 15) is 19.0 Å². The number of nitrogens with one attached hydrogen (secondary N) is 2. The molecule has 1 aromatic heterocycles. The van der Waals surface area contributed by atoms with E-state index in [-0.39, 0.29) is 19.8 Å². The summed E-state index contributed by atoms with van der Waals surface area (Å²) in [4.78, 5) is 34.9. The van der Waals surface area contributed by atoms with E-state index in [2.05, 4.69) is 14.6 Å². The second kappa shape index (κ2) is 6.76. The third kappa shape index (κ3) is 3.49. The van der Waals surface area contributed by atoms with Gasteiger partial charge in [-0.1, -0.05) is 0 Å². The first-order valence-corrected chi connectivity index (χ1v) is 9.12.